The normalized spacial score (nSPS) is 24.2. The molecule has 2 aromatic carbocycles. The SMILES string of the molecule is O=[PH+]c1c2c(O)c3c(cccc3c1O)C1CCCCCCC21. The fourth-order valence-corrected chi connectivity index (χ4v) is 5.17. The third kappa shape index (κ3) is 1.82. The zero-order valence-electron chi connectivity index (χ0n) is 12.4. The molecule has 3 unspecified atom stereocenters. The van der Waals surface area contributed by atoms with Gasteiger partial charge in [0.2, 0.25) is 5.30 Å². The second-order valence-corrected chi connectivity index (χ2v) is 7.27. The Kier molecular flexibility index (Phi) is 3.34. The van der Waals surface area contributed by atoms with E-state index in [1.807, 2.05) is 12.1 Å². The molecule has 3 nitrogen and oxygen atoms in total. The van der Waals surface area contributed by atoms with E-state index in [1.54, 1.807) is 0 Å². The Labute approximate surface area is 131 Å². The van der Waals surface area contributed by atoms with Gasteiger partial charge >= 0.3 is 8.46 Å². The van der Waals surface area contributed by atoms with Crippen LogP contribution in [0.1, 0.15) is 61.5 Å². The number of phenolic OH excluding ortho intramolecular Hbond substituents is 2. The molecule has 2 N–H and O–H groups in total. The number of hydrogen-bond acceptors (Lipinski definition) is 3. The largest absolute Gasteiger partial charge is 0.507 e. The molecule has 3 atom stereocenters. The summed E-state index contributed by atoms with van der Waals surface area (Å²) < 4.78 is 11.7. The van der Waals surface area contributed by atoms with E-state index in [1.165, 1.54) is 19.3 Å². The van der Waals surface area contributed by atoms with Crippen molar-refractivity contribution in [3.63, 3.8) is 0 Å². The minimum atomic E-state index is -0.736. The molecule has 4 heteroatoms. The lowest BCUT2D eigenvalue weighted by Crippen LogP contribution is -2.23. The maximum atomic E-state index is 11.7. The van der Waals surface area contributed by atoms with Crippen molar-refractivity contribution in [2.75, 3.05) is 0 Å². The van der Waals surface area contributed by atoms with Gasteiger partial charge in [-0.25, -0.2) is 0 Å². The molecular formula is C18H20O3P+. The van der Waals surface area contributed by atoms with Gasteiger partial charge in [0.05, 0.1) is 5.56 Å². The monoisotopic (exact) mass is 315 g/mol. The van der Waals surface area contributed by atoms with Gasteiger partial charge in [-0.3, -0.25) is 0 Å². The summed E-state index contributed by atoms with van der Waals surface area (Å²) in [6.07, 6.45) is 6.91. The van der Waals surface area contributed by atoms with Crippen LogP contribution in [-0.4, -0.2) is 10.2 Å². The van der Waals surface area contributed by atoms with Crippen molar-refractivity contribution in [2.45, 2.75) is 50.4 Å². The summed E-state index contributed by atoms with van der Waals surface area (Å²) in [5, 5.41) is 23.2. The van der Waals surface area contributed by atoms with Gasteiger partial charge in [-0.1, -0.05) is 48.4 Å². The number of fused-ring (bicyclic) bond motifs is 4. The molecule has 2 aliphatic carbocycles. The van der Waals surface area contributed by atoms with Crippen LogP contribution in [0.2, 0.25) is 0 Å². The molecule has 2 bridgehead atoms. The smallest absolute Gasteiger partial charge is 0.367 e. The average molecular weight is 315 g/mol. The second kappa shape index (κ2) is 5.24. The fourth-order valence-electron chi connectivity index (χ4n) is 4.52. The Balaban J connectivity index is 2.08. The van der Waals surface area contributed by atoms with E-state index in [9.17, 15) is 14.8 Å². The summed E-state index contributed by atoms with van der Waals surface area (Å²) in [6.45, 7) is 0. The van der Waals surface area contributed by atoms with Gasteiger partial charge < -0.3 is 10.2 Å². The summed E-state index contributed by atoms with van der Waals surface area (Å²) in [4.78, 5) is 0. The zero-order chi connectivity index (χ0) is 15.3. The summed E-state index contributed by atoms with van der Waals surface area (Å²) in [5.74, 6) is 0.907. The highest BCUT2D eigenvalue weighted by molar-refractivity contribution is 7.34. The van der Waals surface area contributed by atoms with Gasteiger partial charge in [0.1, 0.15) is 5.75 Å². The van der Waals surface area contributed by atoms with Crippen molar-refractivity contribution >= 4 is 24.5 Å². The van der Waals surface area contributed by atoms with Gasteiger partial charge in [0, 0.05) is 10.8 Å². The molecular weight excluding hydrogens is 295 g/mol. The van der Waals surface area contributed by atoms with Gasteiger partial charge in [0.15, 0.2) is 5.75 Å². The lowest BCUT2D eigenvalue weighted by atomic mass is 9.69. The molecule has 2 aliphatic rings. The predicted octanol–water partition coefficient (Wildman–Crippen LogP) is 4.44. The van der Waals surface area contributed by atoms with Crippen LogP contribution < -0.4 is 5.30 Å². The summed E-state index contributed by atoms with van der Waals surface area (Å²) in [7, 11) is -0.736. The average Bonchev–Trinajstić information content (AvgIpc) is 2.50. The Morgan fingerprint density at radius 2 is 1.68 bits per heavy atom. The molecule has 0 radical (unpaired) electrons. The first-order valence-electron chi connectivity index (χ1n) is 8.12. The number of aromatic hydroxyl groups is 2. The summed E-state index contributed by atoms with van der Waals surface area (Å²) >= 11 is 0. The van der Waals surface area contributed by atoms with Crippen LogP contribution >= 0.6 is 8.46 Å². The van der Waals surface area contributed by atoms with Gasteiger partial charge in [-0.15, -0.1) is 0 Å². The molecule has 0 saturated heterocycles. The Bertz CT molecular complexity index is 769. The fraction of sp³-hybridized carbons (Fsp3) is 0.444. The molecule has 0 spiro atoms. The summed E-state index contributed by atoms with van der Waals surface area (Å²) in [5.41, 5.74) is 1.91. The molecule has 114 valence electrons. The number of hydrogen-bond donors (Lipinski definition) is 2. The maximum Gasteiger partial charge on any atom is 0.367 e. The highest BCUT2D eigenvalue weighted by Gasteiger charge is 2.40. The first kappa shape index (κ1) is 14.0. The molecule has 22 heavy (non-hydrogen) atoms. The van der Waals surface area contributed by atoms with Crippen molar-refractivity contribution in [2.24, 2.45) is 0 Å². The van der Waals surface area contributed by atoms with Crippen LogP contribution in [0.15, 0.2) is 18.2 Å². The quantitative estimate of drug-likeness (QED) is 0.604. The van der Waals surface area contributed by atoms with E-state index in [4.69, 9.17) is 0 Å². The van der Waals surface area contributed by atoms with E-state index in [0.29, 0.717) is 16.6 Å². The number of rotatable bonds is 1. The van der Waals surface area contributed by atoms with Gasteiger partial charge in [-0.2, -0.15) is 0 Å². The van der Waals surface area contributed by atoms with Crippen LogP contribution in [0.25, 0.3) is 10.8 Å². The van der Waals surface area contributed by atoms with Crippen molar-refractivity contribution in [3.05, 3.63) is 29.3 Å². The van der Waals surface area contributed by atoms with E-state index in [2.05, 4.69) is 6.07 Å². The molecule has 0 aromatic heterocycles. The zero-order valence-corrected chi connectivity index (χ0v) is 13.4. The maximum absolute atomic E-state index is 11.7. The van der Waals surface area contributed by atoms with Crippen LogP contribution in [0.3, 0.4) is 0 Å². The Morgan fingerprint density at radius 3 is 2.41 bits per heavy atom. The van der Waals surface area contributed by atoms with Crippen LogP contribution in [0.5, 0.6) is 11.5 Å². The van der Waals surface area contributed by atoms with E-state index >= 15 is 0 Å². The number of benzene rings is 2. The topological polar surface area (TPSA) is 57.5 Å². The molecule has 4 rings (SSSR count). The molecule has 0 amide bonds. The van der Waals surface area contributed by atoms with Crippen molar-refractivity contribution < 1.29 is 14.8 Å². The highest BCUT2D eigenvalue weighted by atomic mass is 31.1. The van der Waals surface area contributed by atoms with E-state index in [-0.39, 0.29) is 17.4 Å². The first-order valence-corrected chi connectivity index (χ1v) is 9.03. The molecule has 1 fully saturated rings. The van der Waals surface area contributed by atoms with Crippen molar-refractivity contribution in [1.29, 1.82) is 0 Å². The lowest BCUT2D eigenvalue weighted by molar-refractivity contribution is 0.382. The molecule has 0 heterocycles. The van der Waals surface area contributed by atoms with Crippen LogP contribution in [-0.2, 0) is 4.57 Å². The first-order chi connectivity index (χ1) is 10.7. The molecule has 2 aromatic rings. The van der Waals surface area contributed by atoms with E-state index in [0.717, 1.165) is 35.8 Å². The lowest BCUT2D eigenvalue weighted by Gasteiger charge is -2.35. The van der Waals surface area contributed by atoms with Crippen LogP contribution in [0.4, 0.5) is 0 Å². The third-order valence-corrected chi connectivity index (χ3v) is 6.20. The van der Waals surface area contributed by atoms with Crippen molar-refractivity contribution in [1.82, 2.24) is 0 Å². The second-order valence-electron chi connectivity index (χ2n) is 6.56. The Morgan fingerprint density at radius 1 is 0.955 bits per heavy atom. The summed E-state index contributed by atoms with van der Waals surface area (Å²) in [6, 6.07) is 5.84. The third-order valence-electron chi connectivity index (χ3n) is 5.49. The molecule has 1 saturated carbocycles. The van der Waals surface area contributed by atoms with E-state index < -0.39 is 8.46 Å². The Hall–Kier alpha value is -1.60. The predicted molar refractivity (Wildman–Crippen MR) is 89.1 cm³/mol. The highest BCUT2D eigenvalue weighted by Crippen LogP contribution is 2.54. The minimum absolute atomic E-state index is 0.0958. The van der Waals surface area contributed by atoms with Crippen molar-refractivity contribution in [3.8, 4) is 11.5 Å². The molecule has 0 aliphatic heterocycles. The number of phenols is 2. The standard InChI is InChI=1S/C18H19O3P/c19-16-13-9-5-8-11-10-6-3-1-2-4-7-12(10)15(18(16)22-21)17(20)14(11)13/h5,8-10,12,19-20H,1-4,6-7H2/p+1. The van der Waals surface area contributed by atoms with Gasteiger partial charge in [-0.05, 0) is 30.2 Å². The van der Waals surface area contributed by atoms with Crippen LogP contribution in [0, 0.1) is 0 Å². The minimum Gasteiger partial charge on any atom is -0.507 e. The van der Waals surface area contributed by atoms with Gasteiger partial charge in [0.25, 0.3) is 0 Å².